The average Bonchev–Trinajstić information content (AvgIpc) is 2.44. The highest BCUT2D eigenvalue weighted by Crippen LogP contribution is 2.33. The number of aliphatic hydroxyl groups is 1. The third kappa shape index (κ3) is 2.76. The molecule has 0 saturated carbocycles. The van der Waals surface area contributed by atoms with Crippen molar-refractivity contribution in [1.82, 2.24) is 4.98 Å². The maximum atomic E-state index is 11.3. The number of pyridine rings is 1. The average molecular weight is 294 g/mol. The highest BCUT2D eigenvalue weighted by molar-refractivity contribution is 6.35. The number of aromatic nitrogens is 1. The van der Waals surface area contributed by atoms with Crippen LogP contribution >= 0.6 is 11.6 Å². The smallest absolute Gasteiger partial charge is 0.309 e. The first-order valence-electron chi connectivity index (χ1n) is 6.50. The summed E-state index contributed by atoms with van der Waals surface area (Å²) >= 11 is 6.10. The maximum absolute atomic E-state index is 11.3. The second-order valence-electron chi connectivity index (χ2n) is 4.71. The summed E-state index contributed by atoms with van der Waals surface area (Å²) in [5, 5.41) is 20.9. The van der Waals surface area contributed by atoms with Gasteiger partial charge in [0.2, 0.25) is 0 Å². The van der Waals surface area contributed by atoms with Gasteiger partial charge in [0.15, 0.2) is 0 Å². The topological polar surface area (TPSA) is 70.4 Å². The lowest BCUT2D eigenvalue weighted by atomic mass is 9.90. The van der Waals surface area contributed by atoms with Crippen molar-refractivity contribution in [1.29, 1.82) is 0 Å². The van der Waals surface area contributed by atoms with Crippen molar-refractivity contribution in [3.8, 4) is 0 Å². The van der Waals surface area contributed by atoms with Crippen molar-refractivity contribution < 1.29 is 15.0 Å². The van der Waals surface area contributed by atoms with E-state index < -0.39 is 18.0 Å². The molecule has 106 valence electrons. The van der Waals surface area contributed by atoms with Crippen molar-refractivity contribution in [2.75, 3.05) is 0 Å². The Morgan fingerprint density at radius 2 is 2.15 bits per heavy atom. The molecule has 2 aromatic rings. The minimum Gasteiger partial charge on any atom is -0.481 e. The molecule has 2 N–H and O–H groups in total. The monoisotopic (exact) mass is 293 g/mol. The molecular formula is C15H16ClNO3. The van der Waals surface area contributed by atoms with E-state index in [2.05, 4.69) is 4.98 Å². The van der Waals surface area contributed by atoms with Crippen LogP contribution in [0.2, 0.25) is 5.02 Å². The van der Waals surface area contributed by atoms with E-state index in [1.54, 1.807) is 30.5 Å². The summed E-state index contributed by atoms with van der Waals surface area (Å²) in [7, 11) is 0. The van der Waals surface area contributed by atoms with Gasteiger partial charge in [0, 0.05) is 22.2 Å². The Bertz CT molecular complexity index is 630. The minimum absolute atomic E-state index is 0.410. The van der Waals surface area contributed by atoms with Crippen LogP contribution in [-0.4, -0.2) is 21.2 Å². The molecule has 2 rings (SSSR count). The fourth-order valence-corrected chi connectivity index (χ4v) is 2.56. The SMILES string of the molecule is CCCC(C(=O)O)C(O)c1ccc(Cl)c2cccnc12. The number of fused-ring (bicyclic) bond motifs is 1. The Morgan fingerprint density at radius 3 is 2.80 bits per heavy atom. The van der Waals surface area contributed by atoms with E-state index in [0.29, 0.717) is 34.3 Å². The van der Waals surface area contributed by atoms with Gasteiger partial charge in [-0.1, -0.05) is 31.0 Å². The molecule has 4 nitrogen and oxygen atoms in total. The van der Waals surface area contributed by atoms with Crippen LogP contribution in [0.15, 0.2) is 30.5 Å². The number of benzene rings is 1. The molecule has 0 aliphatic heterocycles. The predicted octanol–water partition coefficient (Wildman–Crippen LogP) is 3.42. The second-order valence-corrected chi connectivity index (χ2v) is 5.12. The van der Waals surface area contributed by atoms with E-state index in [9.17, 15) is 15.0 Å². The summed E-state index contributed by atoms with van der Waals surface area (Å²) in [5.74, 6) is -1.84. The van der Waals surface area contributed by atoms with Crippen LogP contribution in [0.25, 0.3) is 10.9 Å². The molecule has 2 unspecified atom stereocenters. The molecule has 20 heavy (non-hydrogen) atoms. The van der Waals surface area contributed by atoms with E-state index >= 15 is 0 Å². The Balaban J connectivity index is 2.51. The third-order valence-electron chi connectivity index (χ3n) is 3.36. The number of carbonyl (C=O) groups is 1. The first-order valence-corrected chi connectivity index (χ1v) is 6.88. The van der Waals surface area contributed by atoms with Crippen LogP contribution in [0.1, 0.15) is 31.4 Å². The summed E-state index contributed by atoms with van der Waals surface area (Å²) in [6.45, 7) is 1.89. The van der Waals surface area contributed by atoms with Crippen molar-refractivity contribution in [2.45, 2.75) is 25.9 Å². The number of hydrogen-bond donors (Lipinski definition) is 2. The van der Waals surface area contributed by atoms with Crippen LogP contribution in [0, 0.1) is 5.92 Å². The molecule has 0 aliphatic carbocycles. The normalized spacial score (nSPS) is 14.2. The molecule has 0 spiro atoms. The third-order valence-corrected chi connectivity index (χ3v) is 3.69. The standard InChI is InChI=1S/C15H16ClNO3/c1-2-4-11(15(19)20)14(18)10-6-7-12(16)9-5-3-8-17-13(9)10/h3,5-8,11,14,18H,2,4H2,1H3,(H,19,20). The first-order chi connectivity index (χ1) is 9.56. The van der Waals surface area contributed by atoms with Crippen LogP contribution < -0.4 is 0 Å². The first kappa shape index (κ1) is 14.8. The molecule has 2 atom stereocenters. The lowest BCUT2D eigenvalue weighted by molar-refractivity contribution is -0.146. The van der Waals surface area contributed by atoms with Crippen LogP contribution in [0.5, 0.6) is 0 Å². The van der Waals surface area contributed by atoms with Gasteiger partial charge in [0.1, 0.15) is 0 Å². The van der Waals surface area contributed by atoms with Crippen molar-refractivity contribution in [2.24, 2.45) is 5.92 Å². The van der Waals surface area contributed by atoms with E-state index in [-0.39, 0.29) is 0 Å². The second kappa shape index (κ2) is 6.20. The van der Waals surface area contributed by atoms with Crippen molar-refractivity contribution >= 4 is 28.5 Å². The Kier molecular flexibility index (Phi) is 4.57. The van der Waals surface area contributed by atoms with Crippen molar-refractivity contribution in [3.05, 3.63) is 41.0 Å². The number of carboxylic acids is 1. The fourth-order valence-electron chi connectivity index (χ4n) is 2.34. The lowest BCUT2D eigenvalue weighted by Crippen LogP contribution is -2.22. The largest absolute Gasteiger partial charge is 0.481 e. The molecule has 5 heteroatoms. The number of hydrogen-bond acceptors (Lipinski definition) is 3. The number of halogens is 1. The summed E-state index contributed by atoms with van der Waals surface area (Å²) in [5.41, 5.74) is 1.06. The number of nitrogens with zero attached hydrogens (tertiary/aromatic N) is 1. The zero-order valence-electron chi connectivity index (χ0n) is 11.1. The van der Waals surface area contributed by atoms with Gasteiger partial charge < -0.3 is 10.2 Å². The summed E-state index contributed by atoms with van der Waals surface area (Å²) in [6.07, 6.45) is 1.60. The molecule has 0 saturated heterocycles. The summed E-state index contributed by atoms with van der Waals surface area (Å²) in [4.78, 5) is 15.5. The summed E-state index contributed by atoms with van der Waals surface area (Å²) in [6, 6.07) is 6.87. The number of aliphatic hydroxyl groups excluding tert-OH is 1. The molecule has 1 heterocycles. The Labute approximate surface area is 122 Å². The molecule has 0 radical (unpaired) electrons. The number of carboxylic acid groups (broad SMARTS) is 1. The molecule has 0 fully saturated rings. The van der Waals surface area contributed by atoms with E-state index in [0.717, 1.165) is 0 Å². The molecule has 0 amide bonds. The van der Waals surface area contributed by atoms with Gasteiger partial charge in [0.05, 0.1) is 17.5 Å². The van der Waals surface area contributed by atoms with E-state index in [4.69, 9.17) is 11.6 Å². The van der Waals surface area contributed by atoms with Gasteiger partial charge >= 0.3 is 5.97 Å². The molecular weight excluding hydrogens is 278 g/mol. The predicted molar refractivity (Wildman–Crippen MR) is 77.7 cm³/mol. The number of rotatable bonds is 5. The fraction of sp³-hybridized carbons (Fsp3) is 0.333. The maximum Gasteiger partial charge on any atom is 0.309 e. The van der Waals surface area contributed by atoms with Gasteiger partial charge in [-0.2, -0.15) is 0 Å². The molecule has 0 bridgehead atoms. The van der Waals surface area contributed by atoms with Gasteiger partial charge in [-0.05, 0) is 24.6 Å². The molecule has 0 aliphatic rings. The van der Waals surface area contributed by atoms with Gasteiger partial charge in [-0.3, -0.25) is 9.78 Å². The van der Waals surface area contributed by atoms with Crippen molar-refractivity contribution in [3.63, 3.8) is 0 Å². The Morgan fingerprint density at radius 1 is 1.40 bits per heavy atom. The zero-order valence-corrected chi connectivity index (χ0v) is 11.8. The van der Waals surface area contributed by atoms with E-state index in [1.807, 2.05) is 6.92 Å². The highest BCUT2D eigenvalue weighted by Gasteiger charge is 2.28. The lowest BCUT2D eigenvalue weighted by Gasteiger charge is -2.20. The highest BCUT2D eigenvalue weighted by atomic mass is 35.5. The molecule has 1 aromatic carbocycles. The van der Waals surface area contributed by atoms with Gasteiger partial charge in [-0.25, -0.2) is 0 Å². The van der Waals surface area contributed by atoms with Gasteiger partial charge in [-0.15, -0.1) is 0 Å². The van der Waals surface area contributed by atoms with E-state index in [1.165, 1.54) is 0 Å². The number of aliphatic carboxylic acids is 1. The quantitative estimate of drug-likeness (QED) is 0.886. The zero-order chi connectivity index (χ0) is 14.7. The van der Waals surface area contributed by atoms with Crippen LogP contribution in [0.4, 0.5) is 0 Å². The van der Waals surface area contributed by atoms with Crippen LogP contribution in [0.3, 0.4) is 0 Å². The summed E-state index contributed by atoms with van der Waals surface area (Å²) < 4.78 is 0. The van der Waals surface area contributed by atoms with Gasteiger partial charge in [0.25, 0.3) is 0 Å². The minimum atomic E-state index is -1.10. The Hall–Kier alpha value is -1.65. The molecule has 1 aromatic heterocycles. The van der Waals surface area contributed by atoms with Crippen LogP contribution in [-0.2, 0) is 4.79 Å².